The Labute approximate surface area is 194 Å². The number of aromatic nitrogens is 1. The summed E-state index contributed by atoms with van der Waals surface area (Å²) in [5.74, 6) is -0.744. The zero-order valence-corrected chi connectivity index (χ0v) is 18.8. The number of methoxy groups -OCH3 is 2. The highest BCUT2D eigenvalue weighted by atomic mass is 35.5. The van der Waals surface area contributed by atoms with Gasteiger partial charge in [0.05, 0.1) is 19.2 Å². The first kappa shape index (κ1) is 24.0. The fraction of sp³-hybridized carbons (Fsp3) is 0.208. The van der Waals surface area contributed by atoms with Crippen molar-refractivity contribution in [3.63, 3.8) is 0 Å². The molecule has 3 rings (SSSR count). The lowest BCUT2D eigenvalue weighted by Crippen LogP contribution is -2.41. The summed E-state index contributed by atoms with van der Waals surface area (Å²) in [4.78, 5) is 38.6. The zero-order valence-electron chi connectivity index (χ0n) is 18.0. The Morgan fingerprint density at radius 2 is 1.73 bits per heavy atom. The van der Waals surface area contributed by atoms with E-state index in [2.05, 4.69) is 5.32 Å². The minimum Gasteiger partial charge on any atom is -0.493 e. The predicted octanol–water partition coefficient (Wildman–Crippen LogP) is 3.44. The topological polar surface area (TPSA) is 86.6 Å². The van der Waals surface area contributed by atoms with Crippen LogP contribution in [0.2, 0.25) is 5.02 Å². The molecular weight excluding hydrogens is 451 g/mol. The molecule has 0 aliphatic rings. The molecule has 0 fully saturated rings. The Hall–Kier alpha value is -3.65. The summed E-state index contributed by atoms with van der Waals surface area (Å²) in [6.07, 6.45) is 1.66. The Balaban J connectivity index is 1.82. The third-order valence-corrected chi connectivity index (χ3v) is 5.19. The summed E-state index contributed by atoms with van der Waals surface area (Å²) in [6, 6.07) is 11.1. The van der Waals surface area contributed by atoms with Crippen LogP contribution < -0.4 is 20.3 Å². The molecule has 9 heteroatoms. The third kappa shape index (κ3) is 5.78. The van der Waals surface area contributed by atoms with Gasteiger partial charge in [0.2, 0.25) is 0 Å². The summed E-state index contributed by atoms with van der Waals surface area (Å²) in [7, 11) is 3.06. The number of rotatable bonds is 9. The second-order valence-electron chi connectivity index (χ2n) is 7.10. The number of Topliss-reactive ketones (excluding diaryl/α,β-unsaturated/α-hetero) is 1. The van der Waals surface area contributed by atoms with Crippen molar-refractivity contribution in [3.05, 3.63) is 93.1 Å². The summed E-state index contributed by atoms with van der Waals surface area (Å²) >= 11 is 6.00. The van der Waals surface area contributed by atoms with E-state index in [-0.39, 0.29) is 17.1 Å². The molecule has 7 nitrogen and oxygen atoms in total. The van der Waals surface area contributed by atoms with E-state index < -0.39 is 29.1 Å². The highest BCUT2D eigenvalue weighted by Gasteiger charge is 2.30. The van der Waals surface area contributed by atoms with Gasteiger partial charge in [0, 0.05) is 24.4 Å². The van der Waals surface area contributed by atoms with E-state index in [0.29, 0.717) is 17.9 Å². The standard InChI is InChI=1S/C24H22ClFN2O5/c1-32-19-9-3-15(13-20(19)33-2)11-12-27-24(31)22(28-14-17(25)6-10-21(28)29)23(30)16-4-7-18(26)8-5-16/h3-10,13-14,22H,11-12H2,1-2H3,(H,27,31)/t22-/m0/s1. The largest absolute Gasteiger partial charge is 0.493 e. The Morgan fingerprint density at radius 3 is 2.39 bits per heavy atom. The van der Waals surface area contributed by atoms with Gasteiger partial charge in [-0.1, -0.05) is 17.7 Å². The van der Waals surface area contributed by atoms with Crippen molar-refractivity contribution in [3.8, 4) is 11.5 Å². The van der Waals surface area contributed by atoms with Crippen molar-refractivity contribution >= 4 is 23.3 Å². The minimum atomic E-state index is -1.51. The quantitative estimate of drug-likeness (QED) is 0.381. The summed E-state index contributed by atoms with van der Waals surface area (Å²) in [5, 5.41) is 2.88. The maximum atomic E-state index is 13.3. The van der Waals surface area contributed by atoms with Gasteiger partial charge in [-0.15, -0.1) is 0 Å². The van der Waals surface area contributed by atoms with Gasteiger partial charge < -0.3 is 14.8 Å². The molecule has 0 saturated carbocycles. The lowest BCUT2D eigenvalue weighted by molar-refractivity contribution is -0.123. The van der Waals surface area contributed by atoms with Crippen LogP contribution in [0.1, 0.15) is 22.0 Å². The number of benzene rings is 2. The number of carbonyl (C=O) groups is 2. The van der Waals surface area contributed by atoms with Crippen LogP contribution in [0.5, 0.6) is 11.5 Å². The highest BCUT2D eigenvalue weighted by molar-refractivity contribution is 6.30. The monoisotopic (exact) mass is 472 g/mol. The van der Waals surface area contributed by atoms with E-state index in [4.69, 9.17) is 21.1 Å². The molecule has 1 N–H and O–H groups in total. The SMILES string of the molecule is COc1ccc(CCNC(=O)[C@H](C(=O)c2ccc(F)cc2)n2cc(Cl)ccc2=O)cc1OC. The number of ether oxygens (including phenoxy) is 2. The average Bonchev–Trinajstić information content (AvgIpc) is 2.81. The molecule has 0 radical (unpaired) electrons. The maximum Gasteiger partial charge on any atom is 0.251 e. The highest BCUT2D eigenvalue weighted by Crippen LogP contribution is 2.27. The first-order chi connectivity index (χ1) is 15.8. The number of hydrogen-bond acceptors (Lipinski definition) is 5. The van der Waals surface area contributed by atoms with Crippen LogP contribution in [-0.4, -0.2) is 37.0 Å². The van der Waals surface area contributed by atoms with Crippen LogP contribution in [0.25, 0.3) is 0 Å². The second-order valence-corrected chi connectivity index (χ2v) is 7.53. The van der Waals surface area contributed by atoms with Crippen molar-refractivity contribution in [1.29, 1.82) is 0 Å². The van der Waals surface area contributed by atoms with E-state index in [1.807, 2.05) is 6.07 Å². The molecule has 0 spiro atoms. The molecule has 1 aromatic heterocycles. The lowest BCUT2D eigenvalue weighted by atomic mass is 10.0. The normalized spacial score (nSPS) is 11.5. The zero-order chi connectivity index (χ0) is 24.0. The first-order valence-electron chi connectivity index (χ1n) is 10.00. The van der Waals surface area contributed by atoms with E-state index in [9.17, 15) is 18.8 Å². The van der Waals surface area contributed by atoms with Gasteiger partial charge in [-0.3, -0.25) is 19.0 Å². The summed E-state index contributed by atoms with van der Waals surface area (Å²) in [6.45, 7) is 0.191. The van der Waals surface area contributed by atoms with Gasteiger partial charge >= 0.3 is 0 Å². The first-order valence-corrected chi connectivity index (χ1v) is 10.4. The van der Waals surface area contributed by atoms with Gasteiger partial charge in [0.25, 0.3) is 11.5 Å². The lowest BCUT2D eigenvalue weighted by Gasteiger charge is -2.19. The van der Waals surface area contributed by atoms with Gasteiger partial charge in [-0.2, -0.15) is 0 Å². The number of nitrogens with zero attached hydrogens (tertiary/aromatic N) is 1. The van der Waals surface area contributed by atoms with Gasteiger partial charge in [0.1, 0.15) is 5.82 Å². The molecule has 2 aromatic carbocycles. The van der Waals surface area contributed by atoms with Crippen LogP contribution >= 0.6 is 11.6 Å². The smallest absolute Gasteiger partial charge is 0.251 e. The molecule has 33 heavy (non-hydrogen) atoms. The molecule has 0 bridgehead atoms. The van der Waals surface area contributed by atoms with E-state index >= 15 is 0 Å². The minimum absolute atomic E-state index is 0.0864. The van der Waals surface area contributed by atoms with Crippen molar-refractivity contribution in [2.24, 2.45) is 0 Å². The van der Waals surface area contributed by atoms with Crippen LogP contribution in [-0.2, 0) is 11.2 Å². The van der Waals surface area contributed by atoms with Crippen molar-refractivity contribution in [2.75, 3.05) is 20.8 Å². The van der Waals surface area contributed by atoms with Crippen molar-refractivity contribution in [1.82, 2.24) is 9.88 Å². The Morgan fingerprint density at radius 1 is 1.03 bits per heavy atom. The molecular formula is C24H22ClFN2O5. The molecule has 0 aliphatic carbocycles. The number of nitrogens with one attached hydrogen (secondary N) is 1. The maximum absolute atomic E-state index is 13.3. The fourth-order valence-electron chi connectivity index (χ4n) is 3.28. The van der Waals surface area contributed by atoms with Crippen LogP contribution in [0, 0.1) is 5.82 Å². The number of amides is 1. The molecule has 172 valence electrons. The van der Waals surface area contributed by atoms with Gasteiger partial charge in [-0.25, -0.2) is 4.39 Å². The molecule has 1 heterocycles. The molecule has 0 saturated heterocycles. The molecule has 0 unspecified atom stereocenters. The number of halogens is 2. The van der Waals surface area contributed by atoms with E-state index in [0.717, 1.165) is 22.3 Å². The molecule has 0 aliphatic heterocycles. The molecule has 1 amide bonds. The number of pyridine rings is 1. The van der Waals surface area contributed by atoms with Gasteiger partial charge in [0.15, 0.2) is 23.3 Å². The summed E-state index contributed by atoms with van der Waals surface area (Å²) in [5.41, 5.74) is 0.382. The Bertz CT molecular complexity index is 1210. The van der Waals surface area contributed by atoms with Crippen LogP contribution in [0.15, 0.2) is 65.6 Å². The molecule has 3 aromatic rings. The Kier molecular flexibility index (Phi) is 7.84. The summed E-state index contributed by atoms with van der Waals surface area (Å²) < 4.78 is 24.8. The predicted molar refractivity (Wildman–Crippen MR) is 122 cm³/mol. The van der Waals surface area contributed by atoms with Gasteiger partial charge in [-0.05, 0) is 54.4 Å². The van der Waals surface area contributed by atoms with Crippen LogP contribution in [0.3, 0.4) is 0 Å². The number of hydrogen-bond donors (Lipinski definition) is 1. The van der Waals surface area contributed by atoms with Crippen LogP contribution in [0.4, 0.5) is 4.39 Å². The fourth-order valence-corrected chi connectivity index (χ4v) is 3.45. The number of ketones is 1. The average molecular weight is 473 g/mol. The van der Waals surface area contributed by atoms with E-state index in [1.165, 1.54) is 44.7 Å². The number of carbonyl (C=O) groups excluding carboxylic acids is 2. The third-order valence-electron chi connectivity index (χ3n) is 4.97. The van der Waals surface area contributed by atoms with E-state index in [1.54, 1.807) is 12.1 Å². The van der Waals surface area contributed by atoms with Crippen molar-refractivity contribution in [2.45, 2.75) is 12.5 Å². The van der Waals surface area contributed by atoms with Crippen molar-refractivity contribution < 1.29 is 23.5 Å². The molecule has 1 atom stereocenters. The second kappa shape index (κ2) is 10.8.